The first-order chi connectivity index (χ1) is 14.5. The van der Waals surface area contributed by atoms with Crippen molar-refractivity contribution in [3.05, 3.63) is 76.6 Å². The lowest BCUT2D eigenvalue weighted by Gasteiger charge is -2.19. The van der Waals surface area contributed by atoms with Crippen molar-refractivity contribution in [2.75, 3.05) is 13.2 Å². The van der Waals surface area contributed by atoms with Gasteiger partial charge < -0.3 is 19.4 Å². The molecule has 0 radical (unpaired) electrons. The van der Waals surface area contributed by atoms with Crippen molar-refractivity contribution < 1.29 is 18.7 Å². The minimum absolute atomic E-state index is 0.0957. The standard InChI is InChI=1S/C22H21ClFN3O3/c1-27-8-7-25-22(27)20(15-3-5-16(24)6-4-15)26-19(28)13-14-11-17(23)21-18(12-14)29-9-2-10-30-21/h3-8,11-12,20H,2,9-10,13H2,1H3,(H,26,28). The van der Waals surface area contributed by atoms with Gasteiger partial charge in [-0.25, -0.2) is 9.37 Å². The summed E-state index contributed by atoms with van der Waals surface area (Å²) < 4.78 is 26.5. The second-order valence-electron chi connectivity index (χ2n) is 7.08. The number of imidazole rings is 1. The zero-order valence-electron chi connectivity index (χ0n) is 16.4. The van der Waals surface area contributed by atoms with Crippen LogP contribution in [0.15, 0.2) is 48.8 Å². The first kappa shape index (κ1) is 20.2. The van der Waals surface area contributed by atoms with Crippen LogP contribution in [-0.2, 0) is 18.3 Å². The van der Waals surface area contributed by atoms with Crippen LogP contribution in [-0.4, -0.2) is 28.7 Å². The predicted octanol–water partition coefficient (Wildman–Crippen LogP) is 3.82. The Bertz CT molecular complexity index is 1050. The zero-order valence-corrected chi connectivity index (χ0v) is 17.2. The van der Waals surface area contributed by atoms with E-state index >= 15 is 0 Å². The molecule has 0 saturated heterocycles. The monoisotopic (exact) mass is 429 g/mol. The molecular weight excluding hydrogens is 409 g/mol. The van der Waals surface area contributed by atoms with Gasteiger partial charge >= 0.3 is 0 Å². The number of nitrogens with one attached hydrogen (secondary N) is 1. The Labute approximate surface area is 178 Å². The summed E-state index contributed by atoms with van der Waals surface area (Å²) in [6.45, 7) is 1.07. The molecule has 3 aromatic rings. The van der Waals surface area contributed by atoms with Crippen molar-refractivity contribution in [3.63, 3.8) is 0 Å². The molecule has 0 saturated carbocycles. The fourth-order valence-electron chi connectivity index (χ4n) is 3.39. The van der Waals surface area contributed by atoms with E-state index in [4.69, 9.17) is 21.1 Å². The molecule has 156 valence electrons. The summed E-state index contributed by atoms with van der Waals surface area (Å²) in [7, 11) is 1.84. The zero-order chi connectivity index (χ0) is 21.1. The van der Waals surface area contributed by atoms with E-state index in [0.29, 0.717) is 41.1 Å². The molecule has 1 aliphatic heterocycles. The van der Waals surface area contributed by atoms with Crippen LogP contribution in [0, 0.1) is 5.82 Å². The summed E-state index contributed by atoms with van der Waals surface area (Å²) in [6.07, 6.45) is 4.31. The van der Waals surface area contributed by atoms with E-state index in [1.807, 2.05) is 11.6 Å². The number of ether oxygens (including phenoxy) is 2. The highest BCUT2D eigenvalue weighted by atomic mass is 35.5. The summed E-state index contributed by atoms with van der Waals surface area (Å²) in [5.74, 6) is 1.13. The molecule has 1 atom stereocenters. The quantitative estimate of drug-likeness (QED) is 0.669. The highest BCUT2D eigenvalue weighted by Gasteiger charge is 2.22. The Morgan fingerprint density at radius 1 is 1.27 bits per heavy atom. The first-order valence-corrected chi connectivity index (χ1v) is 9.99. The molecule has 6 nitrogen and oxygen atoms in total. The lowest BCUT2D eigenvalue weighted by atomic mass is 10.0. The number of aromatic nitrogens is 2. The van der Waals surface area contributed by atoms with Gasteiger partial charge in [0.05, 0.1) is 24.7 Å². The Kier molecular flexibility index (Phi) is 5.90. The smallest absolute Gasteiger partial charge is 0.225 e. The summed E-state index contributed by atoms with van der Waals surface area (Å²) in [6, 6.07) is 8.97. The van der Waals surface area contributed by atoms with Crippen molar-refractivity contribution >= 4 is 17.5 Å². The van der Waals surface area contributed by atoms with Crippen molar-refractivity contribution in [1.82, 2.24) is 14.9 Å². The van der Waals surface area contributed by atoms with Crippen LogP contribution in [0.25, 0.3) is 0 Å². The molecule has 1 aromatic heterocycles. The fraction of sp³-hybridized carbons (Fsp3) is 0.273. The number of hydrogen-bond donors (Lipinski definition) is 1. The van der Waals surface area contributed by atoms with E-state index in [2.05, 4.69) is 10.3 Å². The highest BCUT2D eigenvalue weighted by molar-refractivity contribution is 6.32. The molecular formula is C22H21ClFN3O3. The minimum atomic E-state index is -0.519. The van der Waals surface area contributed by atoms with Gasteiger partial charge in [-0.1, -0.05) is 23.7 Å². The SMILES string of the molecule is Cn1ccnc1C(NC(=O)Cc1cc(Cl)c2c(c1)OCCCO2)c1ccc(F)cc1. The maximum Gasteiger partial charge on any atom is 0.225 e. The number of rotatable bonds is 5. The highest BCUT2D eigenvalue weighted by Crippen LogP contribution is 2.38. The average Bonchev–Trinajstić information content (AvgIpc) is 2.99. The first-order valence-electron chi connectivity index (χ1n) is 9.61. The summed E-state index contributed by atoms with van der Waals surface area (Å²) in [5, 5.41) is 3.41. The van der Waals surface area contributed by atoms with Crippen LogP contribution in [0.1, 0.15) is 29.4 Å². The van der Waals surface area contributed by atoms with Crippen LogP contribution in [0.5, 0.6) is 11.5 Å². The number of benzene rings is 2. The third-order valence-corrected chi connectivity index (χ3v) is 5.13. The van der Waals surface area contributed by atoms with Gasteiger partial charge in [-0.3, -0.25) is 4.79 Å². The predicted molar refractivity (Wildman–Crippen MR) is 110 cm³/mol. The Morgan fingerprint density at radius 2 is 2.03 bits per heavy atom. The molecule has 8 heteroatoms. The van der Waals surface area contributed by atoms with Crippen molar-refractivity contribution in [2.45, 2.75) is 18.9 Å². The maximum absolute atomic E-state index is 13.4. The van der Waals surface area contributed by atoms with E-state index < -0.39 is 6.04 Å². The summed E-state index contributed by atoms with van der Waals surface area (Å²) in [4.78, 5) is 17.2. The summed E-state index contributed by atoms with van der Waals surface area (Å²) >= 11 is 6.34. The molecule has 1 amide bonds. The van der Waals surface area contributed by atoms with Crippen molar-refractivity contribution in [2.24, 2.45) is 7.05 Å². The lowest BCUT2D eigenvalue weighted by molar-refractivity contribution is -0.121. The van der Waals surface area contributed by atoms with E-state index in [0.717, 1.165) is 12.0 Å². The average molecular weight is 430 g/mol. The van der Waals surface area contributed by atoms with Gasteiger partial charge in [0.25, 0.3) is 0 Å². The molecule has 2 aromatic carbocycles. The minimum Gasteiger partial charge on any atom is -0.489 e. The molecule has 2 heterocycles. The third kappa shape index (κ3) is 4.41. The number of amides is 1. The molecule has 1 unspecified atom stereocenters. The Morgan fingerprint density at radius 3 is 2.77 bits per heavy atom. The van der Waals surface area contributed by atoms with Crippen molar-refractivity contribution in [1.29, 1.82) is 0 Å². The van der Waals surface area contributed by atoms with Gasteiger partial charge in [-0.2, -0.15) is 0 Å². The number of aryl methyl sites for hydroxylation is 1. The lowest BCUT2D eigenvalue weighted by Crippen LogP contribution is -2.32. The van der Waals surface area contributed by atoms with Gasteiger partial charge in [-0.05, 0) is 35.4 Å². The second-order valence-corrected chi connectivity index (χ2v) is 7.49. The Balaban J connectivity index is 1.56. The topological polar surface area (TPSA) is 65.4 Å². The van der Waals surface area contributed by atoms with Crippen LogP contribution in [0.3, 0.4) is 0 Å². The fourth-order valence-corrected chi connectivity index (χ4v) is 3.68. The number of nitrogens with zero attached hydrogens (tertiary/aromatic N) is 2. The van der Waals surface area contributed by atoms with Crippen LogP contribution >= 0.6 is 11.6 Å². The van der Waals surface area contributed by atoms with Gasteiger partial charge in [0.2, 0.25) is 5.91 Å². The number of fused-ring (bicyclic) bond motifs is 1. The van der Waals surface area contributed by atoms with Crippen LogP contribution < -0.4 is 14.8 Å². The molecule has 4 rings (SSSR count). The second kappa shape index (κ2) is 8.75. The number of carbonyl (C=O) groups excluding carboxylic acids is 1. The molecule has 0 aliphatic carbocycles. The molecule has 30 heavy (non-hydrogen) atoms. The normalized spacial score (nSPS) is 14.1. The van der Waals surface area contributed by atoms with Crippen LogP contribution in [0.2, 0.25) is 5.02 Å². The summed E-state index contributed by atoms with van der Waals surface area (Å²) in [5.41, 5.74) is 1.44. The van der Waals surface area contributed by atoms with E-state index in [9.17, 15) is 9.18 Å². The molecule has 0 spiro atoms. The van der Waals surface area contributed by atoms with Gasteiger partial charge in [0.15, 0.2) is 11.5 Å². The van der Waals surface area contributed by atoms with E-state index in [1.165, 1.54) is 12.1 Å². The molecule has 0 bridgehead atoms. The molecule has 0 fully saturated rings. The largest absolute Gasteiger partial charge is 0.489 e. The van der Waals surface area contributed by atoms with Crippen molar-refractivity contribution in [3.8, 4) is 11.5 Å². The number of hydrogen-bond acceptors (Lipinski definition) is 4. The van der Waals surface area contributed by atoms with Gasteiger partial charge in [-0.15, -0.1) is 0 Å². The molecule has 1 aliphatic rings. The third-order valence-electron chi connectivity index (χ3n) is 4.85. The van der Waals surface area contributed by atoms with Gasteiger partial charge in [0, 0.05) is 25.9 Å². The van der Waals surface area contributed by atoms with E-state index in [-0.39, 0.29) is 18.1 Å². The maximum atomic E-state index is 13.4. The van der Waals surface area contributed by atoms with Gasteiger partial charge in [0.1, 0.15) is 17.7 Å². The Hall–Kier alpha value is -3.06. The molecule has 1 N–H and O–H groups in total. The van der Waals surface area contributed by atoms with E-state index in [1.54, 1.807) is 36.7 Å². The van der Waals surface area contributed by atoms with Crippen LogP contribution in [0.4, 0.5) is 4.39 Å². The number of carbonyl (C=O) groups is 1. The number of halogens is 2.